The number of carbonyl (C=O) groups excluding carboxylic acids is 2. The summed E-state index contributed by atoms with van der Waals surface area (Å²) in [5.74, 6) is 0.446. The number of anilines is 1. The van der Waals surface area contributed by atoms with Crippen LogP contribution < -0.4 is 14.4 Å². The number of allylic oxidation sites excluding steroid dienone is 1. The number of ether oxygens (including phenoxy) is 3. The van der Waals surface area contributed by atoms with Crippen molar-refractivity contribution < 1.29 is 23.8 Å². The van der Waals surface area contributed by atoms with Gasteiger partial charge in [-0.25, -0.2) is 4.79 Å². The maximum absolute atomic E-state index is 13.3. The molecule has 4 rings (SSSR count). The van der Waals surface area contributed by atoms with E-state index in [1.54, 1.807) is 32.1 Å². The third-order valence-electron chi connectivity index (χ3n) is 4.67. The molecule has 6 nitrogen and oxygen atoms in total. The molecule has 2 heterocycles. The number of hydrogen-bond acceptors (Lipinski definition) is 5. The van der Waals surface area contributed by atoms with E-state index >= 15 is 0 Å². The zero-order valence-corrected chi connectivity index (χ0v) is 17.5. The fourth-order valence-electron chi connectivity index (χ4n) is 3.35. The van der Waals surface area contributed by atoms with E-state index in [-0.39, 0.29) is 30.5 Å². The van der Waals surface area contributed by atoms with E-state index in [1.165, 1.54) is 4.90 Å². The van der Waals surface area contributed by atoms with E-state index in [0.29, 0.717) is 22.9 Å². The summed E-state index contributed by atoms with van der Waals surface area (Å²) < 4.78 is 16.9. The number of esters is 1. The van der Waals surface area contributed by atoms with Gasteiger partial charge in [0, 0.05) is 15.9 Å². The molecule has 2 aliphatic heterocycles. The molecular formula is C22H18BrNO5. The minimum atomic E-state index is -0.523. The number of halogens is 1. The van der Waals surface area contributed by atoms with E-state index in [2.05, 4.69) is 15.9 Å². The van der Waals surface area contributed by atoms with Crippen LogP contribution in [0.3, 0.4) is 0 Å². The van der Waals surface area contributed by atoms with Gasteiger partial charge in [-0.15, -0.1) is 0 Å². The standard InChI is InChI=1S/C22H18BrNO5/c1-3-27-22(26)20-13(2)24(16-7-5-15(23)6-8-16)21(25)17(20)10-14-4-9-18-19(11-14)29-12-28-18/h4-11H,3,12H2,1-2H3/b17-10-. The SMILES string of the molecule is CCOC(=O)C1=C(C)N(c2ccc(Br)cc2)C(=O)/C1=C\c1ccc2c(c1)OCO2. The normalized spacial score (nSPS) is 16.7. The molecule has 2 aromatic carbocycles. The van der Waals surface area contributed by atoms with Crippen molar-refractivity contribution in [3.63, 3.8) is 0 Å². The molecule has 2 aliphatic rings. The van der Waals surface area contributed by atoms with Crippen molar-refractivity contribution in [3.05, 3.63) is 69.3 Å². The molecule has 0 fully saturated rings. The van der Waals surface area contributed by atoms with Crippen molar-refractivity contribution in [2.45, 2.75) is 13.8 Å². The second-order valence-electron chi connectivity index (χ2n) is 6.47. The highest BCUT2D eigenvalue weighted by Gasteiger charge is 2.38. The second kappa shape index (κ2) is 7.75. The van der Waals surface area contributed by atoms with Crippen LogP contribution in [0.2, 0.25) is 0 Å². The lowest BCUT2D eigenvalue weighted by Crippen LogP contribution is -2.24. The van der Waals surface area contributed by atoms with E-state index in [4.69, 9.17) is 14.2 Å². The number of fused-ring (bicyclic) bond motifs is 1. The fourth-order valence-corrected chi connectivity index (χ4v) is 3.62. The Bertz CT molecular complexity index is 1060. The molecule has 0 spiro atoms. The lowest BCUT2D eigenvalue weighted by atomic mass is 10.0. The summed E-state index contributed by atoms with van der Waals surface area (Å²) in [5.41, 5.74) is 2.47. The van der Waals surface area contributed by atoms with Gasteiger partial charge < -0.3 is 14.2 Å². The van der Waals surface area contributed by atoms with Crippen LogP contribution in [0.5, 0.6) is 11.5 Å². The lowest BCUT2D eigenvalue weighted by Gasteiger charge is -2.18. The number of hydrogen-bond donors (Lipinski definition) is 0. The molecule has 2 aromatic rings. The summed E-state index contributed by atoms with van der Waals surface area (Å²) in [5, 5.41) is 0. The highest BCUT2D eigenvalue weighted by atomic mass is 79.9. The first-order valence-electron chi connectivity index (χ1n) is 9.09. The van der Waals surface area contributed by atoms with Gasteiger partial charge in [0.1, 0.15) is 0 Å². The van der Waals surface area contributed by atoms with Gasteiger partial charge in [-0.3, -0.25) is 9.69 Å². The molecule has 0 radical (unpaired) electrons. The molecular weight excluding hydrogens is 438 g/mol. The number of rotatable bonds is 4. The molecule has 148 valence electrons. The average molecular weight is 456 g/mol. The van der Waals surface area contributed by atoms with Crippen LogP contribution in [0.15, 0.2) is 63.8 Å². The maximum Gasteiger partial charge on any atom is 0.340 e. The van der Waals surface area contributed by atoms with Crippen LogP contribution in [-0.4, -0.2) is 25.3 Å². The van der Waals surface area contributed by atoms with Crippen molar-refractivity contribution in [1.82, 2.24) is 0 Å². The Morgan fingerprint density at radius 2 is 1.90 bits per heavy atom. The van der Waals surface area contributed by atoms with Crippen LogP contribution >= 0.6 is 15.9 Å². The van der Waals surface area contributed by atoms with Gasteiger partial charge in [0.2, 0.25) is 6.79 Å². The number of carbonyl (C=O) groups is 2. The molecule has 0 aromatic heterocycles. The Labute approximate surface area is 176 Å². The average Bonchev–Trinajstić information content (AvgIpc) is 3.25. The second-order valence-corrected chi connectivity index (χ2v) is 7.38. The van der Waals surface area contributed by atoms with Gasteiger partial charge in [-0.2, -0.15) is 0 Å². The van der Waals surface area contributed by atoms with Crippen LogP contribution in [0.25, 0.3) is 6.08 Å². The Kier molecular flexibility index (Phi) is 5.15. The maximum atomic E-state index is 13.3. The third kappa shape index (κ3) is 3.53. The van der Waals surface area contributed by atoms with Gasteiger partial charge in [0.25, 0.3) is 5.91 Å². The molecule has 0 N–H and O–H groups in total. The van der Waals surface area contributed by atoms with Crippen LogP contribution in [0, 0.1) is 0 Å². The molecule has 7 heteroatoms. The summed E-state index contributed by atoms with van der Waals surface area (Å²) in [6.45, 7) is 3.86. The Morgan fingerprint density at radius 3 is 2.62 bits per heavy atom. The van der Waals surface area contributed by atoms with E-state index in [9.17, 15) is 9.59 Å². The topological polar surface area (TPSA) is 65.1 Å². The molecule has 0 saturated carbocycles. The van der Waals surface area contributed by atoms with Crippen LogP contribution in [0.1, 0.15) is 19.4 Å². The van der Waals surface area contributed by atoms with Crippen LogP contribution in [-0.2, 0) is 14.3 Å². The largest absolute Gasteiger partial charge is 0.462 e. The zero-order valence-electron chi connectivity index (χ0n) is 15.9. The third-order valence-corrected chi connectivity index (χ3v) is 5.20. The summed E-state index contributed by atoms with van der Waals surface area (Å²) in [7, 11) is 0. The van der Waals surface area contributed by atoms with Crippen molar-refractivity contribution in [3.8, 4) is 11.5 Å². The first-order chi connectivity index (χ1) is 14.0. The molecule has 0 bridgehead atoms. The van der Waals surface area contributed by atoms with Crippen molar-refractivity contribution in [1.29, 1.82) is 0 Å². The predicted molar refractivity (Wildman–Crippen MR) is 112 cm³/mol. The van der Waals surface area contributed by atoms with Crippen molar-refractivity contribution in [2.75, 3.05) is 18.3 Å². The fraction of sp³-hybridized carbons (Fsp3) is 0.182. The van der Waals surface area contributed by atoms with Gasteiger partial charge in [0.05, 0.1) is 17.8 Å². The van der Waals surface area contributed by atoms with Gasteiger partial charge in [-0.1, -0.05) is 22.0 Å². The van der Waals surface area contributed by atoms with E-state index in [0.717, 1.165) is 10.0 Å². The van der Waals surface area contributed by atoms with Gasteiger partial charge in [0.15, 0.2) is 11.5 Å². The quantitative estimate of drug-likeness (QED) is 0.503. The highest BCUT2D eigenvalue weighted by molar-refractivity contribution is 9.10. The first kappa shape index (κ1) is 19.3. The monoisotopic (exact) mass is 455 g/mol. The number of benzene rings is 2. The summed E-state index contributed by atoms with van der Waals surface area (Å²) in [4.78, 5) is 27.5. The smallest absolute Gasteiger partial charge is 0.340 e. The summed E-state index contributed by atoms with van der Waals surface area (Å²) in [6, 6.07) is 12.7. The molecule has 0 unspecified atom stereocenters. The number of nitrogens with zero attached hydrogens (tertiary/aromatic N) is 1. The predicted octanol–water partition coefficient (Wildman–Crippen LogP) is 4.45. The molecule has 0 atom stereocenters. The minimum Gasteiger partial charge on any atom is -0.462 e. The Morgan fingerprint density at radius 1 is 1.17 bits per heavy atom. The highest BCUT2D eigenvalue weighted by Crippen LogP contribution is 2.38. The zero-order chi connectivity index (χ0) is 20.5. The summed E-state index contributed by atoms with van der Waals surface area (Å²) in [6.07, 6.45) is 1.68. The van der Waals surface area contributed by atoms with E-state index in [1.807, 2.05) is 30.3 Å². The Hall–Kier alpha value is -3.06. The molecule has 0 saturated heterocycles. The molecule has 1 amide bonds. The Balaban J connectivity index is 1.80. The molecule has 0 aliphatic carbocycles. The first-order valence-corrected chi connectivity index (χ1v) is 9.88. The van der Waals surface area contributed by atoms with Gasteiger partial charge in [-0.05, 0) is 61.9 Å². The lowest BCUT2D eigenvalue weighted by molar-refractivity contribution is -0.138. The summed E-state index contributed by atoms with van der Waals surface area (Å²) >= 11 is 3.40. The number of amides is 1. The molecule has 29 heavy (non-hydrogen) atoms. The van der Waals surface area contributed by atoms with E-state index < -0.39 is 5.97 Å². The van der Waals surface area contributed by atoms with Crippen molar-refractivity contribution >= 4 is 39.6 Å². The van der Waals surface area contributed by atoms with Crippen LogP contribution in [0.4, 0.5) is 5.69 Å². The van der Waals surface area contributed by atoms with Crippen molar-refractivity contribution in [2.24, 2.45) is 0 Å². The van der Waals surface area contributed by atoms with Gasteiger partial charge >= 0.3 is 5.97 Å². The minimum absolute atomic E-state index is 0.165.